The molecule has 2 aromatic carbocycles. The lowest BCUT2D eigenvalue weighted by molar-refractivity contribution is -0.163. The van der Waals surface area contributed by atoms with E-state index in [0.717, 1.165) is 43.6 Å². The van der Waals surface area contributed by atoms with Gasteiger partial charge < -0.3 is 20.1 Å². The van der Waals surface area contributed by atoms with Crippen molar-refractivity contribution in [1.82, 2.24) is 5.32 Å². The highest BCUT2D eigenvalue weighted by Crippen LogP contribution is 2.37. The normalized spacial score (nSPS) is 18.2. The zero-order chi connectivity index (χ0) is 23.4. The number of carbonyl (C=O) groups excluding carboxylic acids is 1. The first-order valence-corrected chi connectivity index (χ1v) is 12.1. The zero-order valence-electron chi connectivity index (χ0n) is 19.0. The number of carboxylic acid groups (broad SMARTS) is 1. The largest absolute Gasteiger partial charge is 0.478 e. The Bertz CT molecular complexity index is 998. The predicted octanol–water partition coefficient (Wildman–Crippen LogP) is 5.08. The van der Waals surface area contributed by atoms with Crippen LogP contribution in [0.25, 0.3) is 0 Å². The number of halogens is 1. The lowest BCUT2D eigenvalue weighted by Crippen LogP contribution is -2.50. The van der Waals surface area contributed by atoms with Crippen molar-refractivity contribution in [3.05, 3.63) is 58.6 Å². The van der Waals surface area contributed by atoms with Crippen LogP contribution >= 0.6 is 11.6 Å². The number of carboxylic acids is 1. The third kappa shape index (κ3) is 5.44. The topological polar surface area (TPSA) is 78.9 Å². The van der Waals surface area contributed by atoms with Crippen LogP contribution in [0.5, 0.6) is 5.75 Å². The maximum absolute atomic E-state index is 13.1. The van der Waals surface area contributed by atoms with Crippen LogP contribution in [0.3, 0.4) is 0 Å². The van der Waals surface area contributed by atoms with E-state index in [1.165, 1.54) is 6.42 Å². The summed E-state index contributed by atoms with van der Waals surface area (Å²) >= 11 is 6.21. The van der Waals surface area contributed by atoms with E-state index in [1.54, 1.807) is 18.2 Å². The number of rotatable bonds is 8. The molecule has 1 unspecified atom stereocenters. The van der Waals surface area contributed by atoms with Crippen molar-refractivity contribution in [2.45, 2.75) is 63.5 Å². The number of carbonyl (C=O) groups is 2. The highest BCUT2D eigenvalue weighted by molar-refractivity contribution is 6.31. The highest BCUT2D eigenvalue weighted by atomic mass is 35.5. The second kappa shape index (κ2) is 10.0. The highest BCUT2D eigenvalue weighted by Gasteiger charge is 2.47. The van der Waals surface area contributed by atoms with Gasteiger partial charge in [0.25, 0.3) is 5.91 Å². The van der Waals surface area contributed by atoms with Crippen molar-refractivity contribution in [3.8, 4) is 5.75 Å². The molecule has 1 saturated heterocycles. The minimum atomic E-state index is -1.08. The Morgan fingerprint density at radius 1 is 1.09 bits per heavy atom. The van der Waals surface area contributed by atoms with Gasteiger partial charge in [-0.25, -0.2) is 4.79 Å². The van der Waals surface area contributed by atoms with Gasteiger partial charge in [-0.1, -0.05) is 23.7 Å². The van der Waals surface area contributed by atoms with Gasteiger partial charge in [-0.05, 0) is 87.8 Å². The summed E-state index contributed by atoms with van der Waals surface area (Å²) in [4.78, 5) is 26.9. The van der Waals surface area contributed by atoms with E-state index >= 15 is 0 Å². The molecule has 0 radical (unpaired) electrons. The Morgan fingerprint density at radius 2 is 1.79 bits per heavy atom. The first kappa shape index (κ1) is 23.4. The van der Waals surface area contributed by atoms with E-state index in [0.29, 0.717) is 35.6 Å². The molecule has 1 heterocycles. The fraction of sp³-hybridized carbons (Fsp3) is 0.462. The Hall–Kier alpha value is -2.73. The average molecular weight is 471 g/mol. The number of nitrogens with zero attached hydrogens (tertiary/aromatic N) is 1. The van der Waals surface area contributed by atoms with E-state index in [-0.39, 0.29) is 11.9 Å². The second-order valence-corrected chi connectivity index (χ2v) is 9.62. The molecule has 1 saturated carbocycles. The molecule has 0 bridgehead atoms. The van der Waals surface area contributed by atoms with Crippen LogP contribution in [0.1, 0.15) is 61.4 Å². The summed E-state index contributed by atoms with van der Waals surface area (Å²) < 4.78 is 5.78. The smallest absolute Gasteiger partial charge is 0.348 e. The number of aliphatic carboxylic acids is 1. The van der Waals surface area contributed by atoms with Crippen LogP contribution < -0.4 is 15.0 Å². The van der Waals surface area contributed by atoms with Crippen LogP contribution in [0.2, 0.25) is 5.02 Å². The minimum Gasteiger partial charge on any atom is -0.478 e. The van der Waals surface area contributed by atoms with Gasteiger partial charge in [0.15, 0.2) is 0 Å². The lowest BCUT2D eigenvalue weighted by atomic mass is 9.80. The van der Waals surface area contributed by atoms with E-state index in [9.17, 15) is 14.7 Å². The van der Waals surface area contributed by atoms with Gasteiger partial charge in [0.2, 0.25) is 5.60 Å². The maximum Gasteiger partial charge on any atom is 0.348 e. The van der Waals surface area contributed by atoms with E-state index in [2.05, 4.69) is 10.2 Å². The number of hydrogen-bond acceptors (Lipinski definition) is 4. The van der Waals surface area contributed by atoms with E-state index in [1.807, 2.05) is 31.2 Å². The van der Waals surface area contributed by atoms with Gasteiger partial charge in [0, 0.05) is 29.8 Å². The second-order valence-electron chi connectivity index (χ2n) is 9.19. The van der Waals surface area contributed by atoms with Crippen molar-refractivity contribution >= 4 is 29.2 Å². The molecule has 2 aromatic rings. The summed E-state index contributed by atoms with van der Waals surface area (Å²) in [5.74, 6) is -0.472. The number of amides is 1. The minimum absolute atomic E-state index is 0.0885. The Balaban J connectivity index is 1.38. The fourth-order valence-electron chi connectivity index (χ4n) is 4.58. The van der Waals surface area contributed by atoms with Crippen molar-refractivity contribution in [2.24, 2.45) is 0 Å². The number of ether oxygens (including phenoxy) is 1. The molecule has 1 atom stereocenters. The van der Waals surface area contributed by atoms with Gasteiger partial charge in [0.05, 0.1) is 5.56 Å². The third-order valence-electron chi connectivity index (χ3n) is 6.61. The molecular weight excluding hydrogens is 440 g/mol. The standard InChI is InChI=1S/C26H31ClN2O4/c1-18(16-19-6-9-21(10-7-19)33-26(25(31)32)12-5-13-26)28-24(30)22-17-20(27)8-11-23(22)29-14-3-2-4-15-29/h6-11,17-18H,2-5,12-16H2,1H3,(H,28,30)(H,31,32). The number of anilines is 1. The predicted molar refractivity (Wildman–Crippen MR) is 129 cm³/mol. The van der Waals surface area contributed by atoms with Crippen molar-refractivity contribution in [3.63, 3.8) is 0 Å². The summed E-state index contributed by atoms with van der Waals surface area (Å²) in [6.07, 6.45) is 6.08. The molecule has 0 spiro atoms. The molecule has 176 valence electrons. The molecule has 33 heavy (non-hydrogen) atoms. The van der Waals surface area contributed by atoms with Gasteiger partial charge in [0.1, 0.15) is 5.75 Å². The van der Waals surface area contributed by atoms with Gasteiger partial charge >= 0.3 is 5.97 Å². The number of nitrogens with one attached hydrogen (secondary N) is 1. The third-order valence-corrected chi connectivity index (χ3v) is 6.84. The summed E-state index contributed by atoms with van der Waals surface area (Å²) in [6, 6.07) is 12.9. The molecule has 2 fully saturated rings. The lowest BCUT2D eigenvalue weighted by Gasteiger charge is -2.37. The molecule has 2 N–H and O–H groups in total. The van der Waals surface area contributed by atoms with E-state index < -0.39 is 11.6 Å². The molecule has 0 aromatic heterocycles. The number of benzene rings is 2. The first-order chi connectivity index (χ1) is 15.9. The summed E-state index contributed by atoms with van der Waals surface area (Å²) in [5, 5.41) is 13.1. The fourth-order valence-corrected chi connectivity index (χ4v) is 4.76. The van der Waals surface area contributed by atoms with Crippen LogP contribution in [-0.4, -0.2) is 41.7 Å². The SMILES string of the molecule is CC(Cc1ccc(OC2(C(=O)O)CCC2)cc1)NC(=O)c1cc(Cl)ccc1N1CCCCC1. The van der Waals surface area contributed by atoms with Crippen molar-refractivity contribution in [1.29, 1.82) is 0 Å². The number of piperidine rings is 1. The Labute approximate surface area is 199 Å². The first-order valence-electron chi connectivity index (χ1n) is 11.7. The average Bonchev–Trinajstić information content (AvgIpc) is 2.77. The van der Waals surface area contributed by atoms with Gasteiger partial charge in [-0.2, -0.15) is 0 Å². The van der Waals surface area contributed by atoms with Crippen LogP contribution in [0.15, 0.2) is 42.5 Å². The summed E-state index contributed by atoms with van der Waals surface area (Å²) in [7, 11) is 0. The maximum atomic E-state index is 13.1. The molecular formula is C26H31ClN2O4. The summed E-state index contributed by atoms with van der Waals surface area (Å²) in [6.45, 7) is 3.88. The molecule has 1 aliphatic carbocycles. The Morgan fingerprint density at radius 3 is 2.39 bits per heavy atom. The molecule has 2 aliphatic rings. The van der Waals surface area contributed by atoms with Gasteiger partial charge in [-0.3, -0.25) is 4.79 Å². The van der Waals surface area contributed by atoms with Gasteiger partial charge in [-0.15, -0.1) is 0 Å². The monoisotopic (exact) mass is 470 g/mol. The van der Waals surface area contributed by atoms with Crippen molar-refractivity contribution in [2.75, 3.05) is 18.0 Å². The molecule has 6 nitrogen and oxygen atoms in total. The molecule has 7 heteroatoms. The molecule has 1 amide bonds. The number of hydrogen-bond donors (Lipinski definition) is 2. The van der Waals surface area contributed by atoms with Crippen LogP contribution in [-0.2, 0) is 11.2 Å². The zero-order valence-corrected chi connectivity index (χ0v) is 19.7. The van der Waals surface area contributed by atoms with Crippen LogP contribution in [0, 0.1) is 0 Å². The Kier molecular flexibility index (Phi) is 7.13. The van der Waals surface area contributed by atoms with Crippen LogP contribution in [0.4, 0.5) is 5.69 Å². The van der Waals surface area contributed by atoms with Crippen molar-refractivity contribution < 1.29 is 19.4 Å². The van der Waals surface area contributed by atoms with E-state index in [4.69, 9.17) is 16.3 Å². The summed E-state index contributed by atoms with van der Waals surface area (Å²) in [5.41, 5.74) is 1.51. The molecule has 1 aliphatic heterocycles. The quantitative estimate of drug-likeness (QED) is 0.562. The molecule has 4 rings (SSSR count).